The van der Waals surface area contributed by atoms with E-state index < -0.39 is 0 Å². The molecule has 4 aromatic carbocycles. The van der Waals surface area contributed by atoms with E-state index in [4.69, 9.17) is 18.9 Å². The zero-order valence-electron chi connectivity index (χ0n) is 29.2. The number of unbranched alkanes of at least 4 members (excludes halogenated alkanes) is 2. The van der Waals surface area contributed by atoms with Crippen molar-refractivity contribution in [3.05, 3.63) is 106 Å². The van der Waals surface area contributed by atoms with Gasteiger partial charge in [-0.1, -0.05) is 48.5 Å². The minimum absolute atomic E-state index is 0.00890. The van der Waals surface area contributed by atoms with Crippen LogP contribution in [0.1, 0.15) is 62.2 Å². The number of carbonyl (C=O) groups is 2. The number of hydrogen-bond acceptors (Lipinski definition) is 8. The third kappa shape index (κ3) is 6.39. The molecule has 0 saturated heterocycles. The van der Waals surface area contributed by atoms with Gasteiger partial charge in [-0.05, 0) is 66.5 Å². The highest BCUT2D eigenvalue weighted by molar-refractivity contribution is 6.02. The molecule has 1 unspecified atom stereocenters. The summed E-state index contributed by atoms with van der Waals surface area (Å²) in [5.74, 6) is 2.35. The Morgan fingerprint density at radius 1 is 0.588 bits per heavy atom. The fourth-order valence-corrected chi connectivity index (χ4v) is 7.84. The average molecular weight is 689 g/mol. The molecule has 4 aliphatic heterocycles. The van der Waals surface area contributed by atoms with Crippen LogP contribution in [0.2, 0.25) is 0 Å². The molecular formula is C41H44N4O6. The van der Waals surface area contributed by atoms with Crippen LogP contribution in [0.25, 0.3) is 0 Å². The molecule has 0 fully saturated rings. The van der Waals surface area contributed by atoms with E-state index in [9.17, 15) is 9.59 Å². The Labute approximate surface area is 298 Å². The maximum absolute atomic E-state index is 13.7. The summed E-state index contributed by atoms with van der Waals surface area (Å²) < 4.78 is 23.7. The molecular weight excluding hydrogens is 644 g/mol. The topological polar surface area (TPSA) is 102 Å². The number of fused-ring (bicyclic) bond motifs is 6. The van der Waals surface area contributed by atoms with Crippen LogP contribution in [0, 0.1) is 0 Å². The zero-order chi connectivity index (χ0) is 34.9. The van der Waals surface area contributed by atoms with Crippen LogP contribution in [-0.4, -0.2) is 74.2 Å². The summed E-state index contributed by atoms with van der Waals surface area (Å²) >= 11 is 0. The van der Waals surface area contributed by atoms with E-state index in [-0.39, 0.29) is 23.9 Å². The smallest absolute Gasteiger partial charge is 0.256 e. The lowest BCUT2D eigenvalue weighted by molar-refractivity contribution is 0.0652. The van der Waals surface area contributed by atoms with E-state index in [1.165, 1.54) is 22.3 Å². The maximum Gasteiger partial charge on any atom is 0.256 e. The van der Waals surface area contributed by atoms with Crippen LogP contribution in [0.15, 0.2) is 72.8 Å². The van der Waals surface area contributed by atoms with Gasteiger partial charge in [-0.3, -0.25) is 9.59 Å². The van der Waals surface area contributed by atoms with Gasteiger partial charge in [-0.25, -0.2) is 0 Å². The number of benzene rings is 4. The first kappa shape index (κ1) is 32.8. The van der Waals surface area contributed by atoms with Crippen molar-refractivity contribution < 1.29 is 28.5 Å². The number of nitrogens with zero attached hydrogens (tertiary/aromatic N) is 2. The van der Waals surface area contributed by atoms with Crippen LogP contribution >= 0.6 is 0 Å². The molecule has 0 radical (unpaired) electrons. The van der Waals surface area contributed by atoms with Crippen LogP contribution in [-0.2, 0) is 25.9 Å². The van der Waals surface area contributed by atoms with E-state index in [1.54, 1.807) is 26.4 Å². The summed E-state index contributed by atoms with van der Waals surface area (Å²) in [4.78, 5) is 31.4. The van der Waals surface area contributed by atoms with E-state index >= 15 is 0 Å². The predicted molar refractivity (Wildman–Crippen MR) is 195 cm³/mol. The third-order valence-corrected chi connectivity index (χ3v) is 10.7. The highest BCUT2D eigenvalue weighted by atomic mass is 16.5. The van der Waals surface area contributed by atoms with Gasteiger partial charge in [0.2, 0.25) is 0 Å². The monoisotopic (exact) mass is 688 g/mol. The highest BCUT2D eigenvalue weighted by Gasteiger charge is 2.36. The quantitative estimate of drug-likeness (QED) is 0.187. The second kappa shape index (κ2) is 14.1. The van der Waals surface area contributed by atoms with Crippen molar-refractivity contribution in [1.29, 1.82) is 0 Å². The van der Waals surface area contributed by atoms with Crippen molar-refractivity contribution in [3.63, 3.8) is 0 Å². The lowest BCUT2D eigenvalue weighted by atomic mass is 9.94. The number of hydrogen-bond donors (Lipinski definition) is 2. The Balaban J connectivity index is 0.849. The van der Waals surface area contributed by atoms with E-state index in [1.807, 2.05) is 34.1 Å². The number of amides is 2. The Kier molecular flexibility index (Phi) is 9.06. The molecule has 0 aliphatic carbocycles. The van der Waals surface area contributed by atoms with Gasteiger partial charge < -0.3 is 39.4 Å². The van der Waals surface area contributed by atoms with Gasteiger partial charge in [0.25, 0.3) is 11.8 Å². The molecule has 2 atom stereocenters. The van der Waals surface area contributed by atoms with Crippen molar-refractivity contribution in [3.8, 4) is 23.0 Å². The summed E-state index contributed by atoms with van der Waals surface area (Å²) in [6, 6.07) is 24.3. The SMILES string of the molecule is COc1cc2c(cc1OCCCCCOc1cc3c(cc1OC)C(=O)N1Cc4ccccc4C[C@H]1CN3)NCC1Cc3ccccc3CN1C2=O. The minimum Gasteiger partial charge on any atom is -0.493 e. The third-order valence-electron chi connectivity index (χ3n) is 10.7. The molecule has 4 aliphatic rings. The van der Waals surface area contributed by atoms with Gasteiger partial charge in [0.15, 0.2) is 23.0 Å². The Bertz CT molecular complexity index is 1820. The van der Waals surface area contributed by atoms with E-state index in [0.717, 1.165) is 43.5 Å². The summed E-state index contributed by atoms with van der Waals surface area (Å²) in [7, 11) is 3.21. The molecule has 0 spiro atoms. The van der Waals surface area contributed by atoms with Crippen LogP contribution < -0.4 is 29.6 Å². The number of anilines is 2. The number of nitrogens with one attached hydrogen (secondary N) is 2. The van der Waals surface area contributed by atoms with Crippen molar-refractivity contribution in [2.75, 3.05) is 51.2 Å². The Hall–Kier alpha value is -5.38. The molecule has 0 saturated carbocycles. The van der Waals surface area contributed by atoms with Gasteiger partial charge >= 0.3 is 0 Å². The lowest BCUT2D eigenvalue weighted by Gasteiger charge is -2.35. The largest absolute Gasteiger partial charge is 0.493 e. The number of methoxy groups -OCH3 is 2. The Morgan fingerprint density at radius 3 is 1.45 bits per heavy atom. The van der Waals surface area contributed by atoms with Crippen LogP contribution in [0.3, 0.4) is 0 Å². The van der Waals surface area contributed by atoms with E-state index in [2.05, 4.69) is 47.0 Å². The second-order valence-corrected chi connectivity index (χ2v) is 13.7. The first-order chi connectivity index (χ1) is 25.0. The number of rotatable bonds is 10. The normalized spacial score (nSPS) is 18.6. The second-order valence-electron chi connectivity index (χ2n) is 13.7. The van der Waals surface area contributed by atoms with Gasteiger partial charge in [0.05, 0.1) is 62.0 Å². The zero-order valence-corrected chi connectivity index (χ0v) is 29.2. The minimum atomic E-state index is 0.00890. The molecule has 0 bridgehead atoms. The molecule has 51 heavy (non-hydrogen) atoms. The van der Waals surface area contributed by atoms with Gasteiger partial charge in [0.1, 0.15) is 0 Å². The fraction of sp³-hybridized carbons (Fsp3) is 0.366. The molecule has 4 heterocycles. The first-order valence-corrected chi connectivity index (χ1v) is 17.9. The molecule has 264 valence electrons. The Morgan fingerprint density at radius 2 is 1.02 bits per heavy atom. The molecule has 10 heteroatoms. The predicted octanol–water partition coefficient (Wildman–Crippen LogP) is 6.32. The molecule has 2 N–H and O–H groups in total. The van der Waals surface area contributed by atoms with Crippen molar-refractivity contribution in [2.45, 2.75) is 57.3 Å². The summed E-state index contributed by atoms with van der Waals surface area (Å²) in [6.45, 7) is 3.57. The molecule has 10 nitrogen and oxygen atoms in total. The standard InChI is InChI=1S/C41H44N4O6/c1-48-36-18-32-34(42-22-30-16-26-10-4-6-12-28(26)24-44(30)40(32)46)20-38(36)50-14-8-3-9-15-51-39-21-35-33(19-37(39)49-2)41(47)45-25-29-13-7-5-11-27(29)17-31(45)23-43-35/h4-7,10-13,18-21,30-31,42-43H,3,8-9,14-17,22-25H2,1-2H3/t30-,31?/m0/s1. The maximum atomic E-state index is 13.7. The summed E-state index contributed by atoms with van der Waals surface area (Å²) in [5.41, 5.74) is 7.77. The average Bonchev–Trinajstić information content (AvgIpc) is 3.38. The summed E-state index contributed by atoms with van der Waals surface area (Å²) in [6.07, 6.45) is 4.19. The van der Waals surface area contributed by atoms with E-state index in [0.29, 0.717) is 73.5 Å². The highest BCUT2D eigenvalue weighted by Crippen LogP contribution is 2.39. The number of carbonyl (C=O) groups excluding carboxylic acids is 2. The molecule has 4 aromatic rings. The van der Waals surface area contributed by atoms with Crippen LogP contribution in [0.5, 0.6) is 23.0 Å². The molecule has 8 rings (SSSR count). The fourth-order valence-electron chi connectivity index (χ4n) is 7.84. The van der Waals surface area contributed by atoms with Crippen molar-refractivity contribution in [2.24, 2.45) is 0 Å². The van der Waals surface area contributed by atoms with Crippen LogP contribution in [0.4, 0.5) is 11.4 Å². The van der Waals surface area contributed by atoms with Gasteiger partial charge in [-0.2, -0.15) is 0 Å². The first-order valence-electron chi connectivity index (χ1n) is 17.9. The summed E-state index contributed by atoms with van der Waals surface area (Å²) in [5, 5.41) is 7.02. The van der Waals surface area contributed by atoms with Gasteiger partial charge in [0, 0.05) is 38.3 Å². The molecule has 2 amide bonds. The van der Waals surface area contributed by atoms with Crippen molar-refractivity contribution in [1.82, 2.24) is 9.80 Å². The van der Waals surface area contributed by atoms with Crippen molar-refractivity contribution >= 4 is 23.2 Å². The number of ether oxygens (including phenoxy) is 4. The molecule has 0 aromatic heterocycles. The lowest BCUT2D eigenvalue weighted by Crippen LogP contribution is -2.45. The van der Waals surface area contributed by atoms with Gasteiger partial charge in [-0.15, -0.1) is 0 Å².